The summed E-state index contributed by atoms with van der Waals surface area (Å²) in [5.41, 5.74) is 1.14. The molecule has 2 fully saturated rings. The van der Waals surface area contributed by atoms with Crippen molar-refractivity contribution in [1.82, 2.24) is 9.80 Å². The summed E-state index contributed by atoms with van der Waals surface area (Å²) in [6.07, 6.45) is 5.14. The number of hydrogen-bond acceptors (Lipinski definition) is 4. The number of amides is 2. The summed E-state index contributed by atoms with van der Waals surface area (Å²) in [7, 11) is 1.65. The van der Waals surface area contributed by atoms with Gasteiger partial charge in [-0.1, -0.05) is 12.1 Å². The van der Waals surface area contributed by atoms with E-state index in [1.54, 1.807) is 24.1 Å². The Hall–Kier alpha value is -2.76. The zero-order valence-electron chi connectivity index (χ0n) is 16.2. The van der Waals surface area contributed by atoms with Crippen molar-refractivity contribution in [3.8, 4) is 5.75 Å². The van der Waals surface area contributed by atoms with Gasteiger partial charge >= 0.3 is 0 Å². The first-order valence-electron chi connectivity index (χ1n) is 9.94. The second kappa shape index (κ2) is 8.09. The fraction of sp³-hybridized carbons (Fsp3) is 0.455. The maximum Gasteiger partial charge on any atom is 0.289 e. The largest absolute Gasteiger partial charge is 0.497 e. The maximum atomic E-state index is 13.3. The molecule has 0 N–H and O–H groups in total. The Morgan fingerprint density at radius 2 is 1.86 bits per heavy atom. The van der Waals surface area contributed by atoms with Crippen LogP contribution in [0.4, 0.5) is 0 Å². The van der Waals surface area contributed by atoms with E-state index < -0.39 is 0 Å². The average Bonchev–Trinajstić information content (AvgIpc) is 3.45. The predicted octanol–water partition coefficient (Wildman–Crippen LogP) is 3.50. The van der Waals surface area contributed by atoms with Crippen molar-refractivity contribution < 1.29 is 18.7 Å². The first-order valence-corrected chi connectivity index (χ1v) is 9.94. The lowest BCUT2D eigenvalue weighted by molar-refractivity contribution is -0.138. The van der Waals surface area contributed by atoms with Crippen LogP contribution < -0.4 is 4.74 Å². The molecule has 0 radical (unpaired) electrons. The topological polar surface area (TPSA) is 63.0 Å². The summed E-state index contributed by atoms with van der Waals surface area (Å²) in [5.74, 6) is 1.04. The Kier molecular flexibility index (Phi) is 5.37. The summed E-state index contributed by atoms with van der Waals surface area (Å²) in [5, 5.41) is 0. The van der Waals surface area contributed by atoms with Crippen molar-refractivity contribution in [2.45, 2.75) is 31.7 Å². The highest BCUT2D eigenvalue weighted by molar-refractivity contribution is 5.92. The van der Waals surface area contributed by atoms with Gasteiger partial charge in [0.1, 0.15) is 5.75 Å². The Bertz CT molecular complexity index is 816. The number of ether oxygens (including phenoxy) is 1. The third-order valence-electron chi connectivity index (χ3n) is 5.83. The molecule has 0 bridgehead atoms. The molecule has 6 nitrogen and oxygen atoms in total. The van der Waals surface area contributed by atoms with Crippen LogP contribution in [0.3, 0.4) is 0 Å². The van der Waals surface area contributed by atoms with E-state index >= 15 is 0 Å². The van der Waals surface area contributed by atoms with Crippen LogP contribution in [0.15, 0.2) is 47.1 Å². The van der Waals surface area contributed by atoms with Gasteiger partial charge in [0, 0.05) is 19.6 Å². The molecule has 28 heavy (non-hydrogen) atoms. The van der Waals surface area contributed by atoms with E-state index in [-0.39, 0.29) is 23.8 Å². The molecule has 2 aliphatic rings. The molecule has 2 amide bonds. The standard InChI is InChI=1S/C22H26N2O4/c1-27-18-10-8-16(9-11-18)19-6-3-13-24(19)21(25)17-5-2-12-23(15-17)22(26)20-7-4-14-28-20/h4,7-11,14,17,19H,2-3,5-6,12-13,15H2,1H3/t17-,19-/m1/s1. The van der Waals surface area contributed by atoms with Crippen molar-refractivity contribution in [2.24, 2.45) is 5.92 Å². The molecule has 3 heterocycles. The van der Waals surface area contributed by atoms with Gasteiger partial charge in [-0.15, -0.1) is 0 Å². The number of carbonyl (C=O) groups excluding carboxylic acids is 2. The fourth-order valence-electron chi connectivity index (χ4n) is 4.36. The lowest BCUT2D eigenvalue weighted by Crippen LogP contribution is -2.46. The molecule has 1 aromatic heterocycles. The molecule has 0 aliphatic carbocycles. The van der Waals surface area contributed by atoms with Gasteiger partial charge in [0.2, 0.25) is 5.91 Å². The van der Waals surface area contributed by atoms with E-state index in [0.29, 0.717) is 18.8 Å². The summed E-state index contributed by atoms with van der Waals surface area (Å²) in [4.78, 5) is 29.7. The van der Waals surface area contributed by atoms with Crippen molar-refractivity contribution in [3.05, 3.63) is 54.0 Å². The van der Waals surface area contributed by atoms with Gasteiger partial charge in [0.25, 0.3) is 5.91 Å². The average molecular weight is 382 g/mol. The van der Waals surface area contributed by atoms with Crippen molar-refractivity contribution >= 4 is 11.8 Å². The van der Waals surface area contributed by atoms with Gasteiger partial charge < -0.3 is 19.0 Å². The van der Waals surface area contributed by atoms with Crippen LogP contribution in [0.2, 0.25) is 0 Å². The second-order valence-corrected chi connectivity index (χ2v) is 7.53. The number of benzene rings is 1. The van der Waals surface area contributed by atoms with E-state index in [0.717, 1.165) is 43.5 Å². The van der Waals surface area contributed by atoms with Gasteiger partial charge in [-0.3, -0.25) is 9.59 Å². The van der Waals surface area contributed by atoms with Crippen LogP contribution in [0, 0.1) is 5.92 Å². The third-order valence-corrected chi connectivity index (χ3v) is 5.83. The van der Waals surface area contributed by atoms with Crippen LogP contribution in [0.1, 0.15) is 47.8 Å². The molecular formula is C22H26N2O4. The quantitative estimate of drug-likeness (QED) is 0.812. The van der Waals surface area contributed by atoms with E-state index in [2.05, 4.69) is 0 Å². The summed E-state index contributed by atoms with van der Waals surface area (Å²) >= 11 is 0. The van der Waals surface area contributed by atoms with Crippen molar-refractivity contribution in [1.29, 1.82) is 0 Å². The van der Waals surface area contributed by atoms with Crippen molar-refractivity contribution in [2.75, 3.05) is 26.7 Å². The minimum atomic E-state index is -0.147. The van der Waals surface area contributed by atoms with Crippen LogP contribution in [0.25, 0.3) is 0 Å². The molecule has 2 saturated heterocycles. The second-order valence-electron chi connectivity index (χ2n) is 7.53. The highest BCUT2D eigenvalue weighted by atomic mass is 16.5. The summed E-state index contributed by atoms with van der Waals surface area (Å²) in [6.45, 7) is 1.91. The molecule has 2 aromatic rings. The van der Waals surface area contributed by atoms with E-state index in [4.69, 9.17) is 9.15 Å². The lowest BCUT2D eigenvalue weighted by atomic mass is 9.95. The van der Waals surface area contributed by atoms with Crippen LogP contribution >= 0.6 is 0 Å². The Morgan fingerprint density at radius 3 is 2.57 bits per heavy atom. The SMILES string of the molecule is COc1ccc([C@H]2CCCN2C(=O)[C@@H]2CCCN(C(=O)c3ccco3)C2)cc1. The number of furan rings is 1. The molecule has 2 aliphatic heterocycles. The molecule has 6 heteroatoms. The first kappa shape index (κ1) is 18.6. The summed E-state index contributed by atoms with van der Waals surface area (Å²) < 4.78 is 10.5. The number of likely N-dealkylation sites (tertiary alicyclic amines) is 2. The highest BCUT2D eigenvalue weighted by Gasteiger charge is 2.37. The third kappa shape index (κ3) is 3.63. The number of rotatable bonds is 4. The number of piperidine rings is 1. The molecule has 0 saturated carbocycles. The maximum absolute atomic E-state index is 13.3. The van der Waals surface area contributed by atoms with Gasteiger partial charge in [-0.25, -0.2) is 0 Å². The van der Waals surface area contributed by atoms with Gasteiger partial charge in [0.05, 0.1) is 25.3 Å². The van der Waals surface area contributed by atoms with Crippen LogP contribution in [0.5, 0.6) is 5.75 Å². The Morgan fingerprint density at radius 1 is 1.07 bits per heavy atom. The molecule has 148 valence electrons. The van der Waals surface area contributed by atoms with E-state index in [1.165, 1.54) is 6.26 Å². The number of hydrogen-bond donors (Lipinski definition) is 0. The smallest absolute Gasteiger partial charge is 0.289 e. The minimum absolute atomic E-state index is 0.106. The zero-order chi connectivity index (χ0) is 19.5. The minimum Gasteiger partial charge on any atom is -0.497 e. The first-order chi connectivity index (χ1) is 13.7. The Balaban J connectivity index is 1.45. The van der Waals surface area contributed by atoms with Gasteiger partial charge in [0.15, 0.2) is 5.76 Å². The molecule has 0 unspecified atom stereocenters. The molecule has 1 aromatic carbocycles. The Labute approximate surface area is 165 Å². The highest BCUT2D eigenvalue weighted by Crippen LogP contribution is 2.35. The van der Waals surface area contributed by atoms with Crippen LogP contribution in [-0.4, -0.2) is 48.4 Å². The molecule has 4 rings (SSSR count). The number of carbonyl (C=O) groups is 2. The van der Waals surface area contributed by atoms with E-state index in [9.17, 15) is 9.59 Å². The van der Waals surface area contributed by atoms with Gasteiger partial charge in [-0.05, 0) is 55.5 Å². The van der Waals surface area contributed by atoms with Crippen LogP contribution in [-0.2, 0) is 4.79 Å². The van der Waals surface area contributed by atoms with Crippen molar-refractivity contribution in [3.63, 3.8) is 0 Å². The zero-order valence-corrected chi connectivity index (χ0v) is 16.2. The van der Waals surface area contributed by atoms with Gasteiger partial charge in [-0.2, -0.15) is 0 Å². The number of methoxy groups -OCH3 is 1. The fourth-order valence-corrected chi connectivity index (χ4v) is 4.36. The number of nitrogens with zero attached hydrogens (tertiary/aromatic N) is 2. The summed E-state index contributed by atoms with van der Waals surface area (Å²) in [6, 6.07) is 11.5. The molecule has 0 spiro atoms. The lowest BCUT2D eigenvalue weighted by Gasteiger charge is -2.35. The monoisotopic (exact) mass is 382 g/mol. The predicted molar refractivity (Wildman–Crippen MR) is 104 cm³/mol. The van der Waals surface area contributed by atoms with E-state index in [1.807, 2.05) is 29.2 Å². The normalized spacial score (nSPS) is 22.3. The molecule has 2 atom stereocenters. The molecular weight excluding hydrogens is 356 g/mol.